The summed E-state index contributed by atoms with van der Waals surface area (Å²) in [6, 6.07) is 17.3. The molecule has 0 radical (unpaired) electrons. The molecule has 2 atom stereocenters. The molecule has 0 N–H and O–H groups in total. The van der Waals surface area contributed by atoms with E-state index in [4.69, 9.17) is 18.9 Å². The summed E-state index contributed by atoms with van der Waals surface area (Å²) in [5.41, 5.74) is 1.98. The minimum absolute atomic E-state index is 0.224. The van der Waals surface area contributed by atoms with E-state index < -0.39 is 11.9 Å². The average Bonchev–Trinajstić information content (AvgIpc) is 2.96. The molecule has 1 heterocycles. The van der Waals surface area contributed by atoms with Gasteiger partial charge in [0.1, 0.15) is 11.9 Å². The smallest absolute Gasteiger partial charge is 0.183 e. The third-order valence-electron chi connectivity index (χ3n) is 4.43. The predicted molar refractivity (Wildman–Crippen MR) is 106 cm³/mol. The van der Waals surface area contributed by atoms with Crippen LogP contribution in [0.2, 0.25) is 0 Å². The molecule has 1 aliphatic rings. The fraction of sp³-hybridized carbons (Fsp3) is 0.409. The lowest BCUT2D eigenvalue weighted by molar-refractivity contribution is -0.473. The monoisotopic (exact) mass is 385 g/mol. The van der Waals surface area contributed by atoms with Gasteiger partial charge in [-0.15, -0.1) is 0 Å². The van der Waals surface area contributed by atoms with Gasteiger partial charge in [0.2, 0.25) is 0 Å². The van der Waals surface area contributed by atoms with Crippen molar-refractivity contribution in [3.8, 4) is 5.75 Å². The Morgan fingerprint density at radius 2 is 1.75 bits per heavy atom. The van der Waals surface area contributed by atoms with Gasteiger partial charge in [0, 0.05) is 5.56 Å². The zero-order valence-corrected chi connectivity index (χ0v) is 16.5. The zero-order chi connectivity index (χ0) is 20.0. The van der Waals surface area contributed by atoms with Crippen molar-refractivity contribution in [1.82, 2.24) is 0 Å². The SMILES string of the molecule is COc1ccc(C/[N+]([O-])=C/[C@@H]2OC(C)(C)O[C@H]2COCc2ccccc2)cc1. The lowest BCUT2D eigenvalue weighted by Gasteiger charge is -2.16. The lowest BCUT2D eigenvalue weighted by Crippen LogP contribution is -2.31. The fourth-order valence-electron chi connectivity index (χ4n) is 3.11. The maximum absolute atomic E-state index is 12.4. The largest absolute Gasteiger partial charge is 0.624 e. The van der Waals surface area contributed by atoms with Gasteiger partial charge in [0.05, 0.1) is 20.3 Å². The molecule has 3 rings (SSSR count). The van der Waals surface area contributed by atoms with Crippen LogP contribution in [0.5, 0.6) is 5.75 Å². The second kappa shape index (κ2) is 9.19. The molecular weight excluding hydrogens is 358 g/mol. The number of rotatable bonds is 8. The summed E-state index contributed by atoms with van der Waals surface area (Å²) in [5.74, 6) is -0.00168. The first-order valence-electron chi connectivity index (χ1n) is 9.34. The van der Waals surface area contributed by atoms with E-state index in [1.54, 1.807) is 7.11 Å². The number of benzene rings is 2. The quantitative estimate of drug-likeness (QED) is 0.301. The van der Waals surface area contributed by atoms with Gasteiger partial charge in [-0.3, -0.25) is 0 Å². The van der Waals surface area contributed by atoms with Crippen molar-refractivity contribution in [2.45, 2.75) is 45.0 Å². The van der Waals surface area contributed by atoms with Gasteiger partial charge in [-0.2, -0.15) is 0 Å². The van der Waals surface area contributed by atoms with Gasteiger partial charge in [-0.1, -0.05) is 30.3 Å². The lowest BCUT2D eigenvalue weighted by atomic mass is 10.2. The molecule has 0 saturated carbocycles. The second-order valence-corrected chi connectivity index (χ2v) is 7.21. The first kappa shape index (κ1) is 20.3. The summed E-state index contributed by atoms with van der Waals surface area (Å²) >= 11 is 0. The number of methoxy groups -OCH3 is 1. The molecule has 2 aromatic carbocycles. The first-order valence-corrected chi connectivity index (χ1v) is 9.34. The Bertz CT molecular complexity index is 773. The first-order chi connectivity index (χ1) is 13.4. The van der Waals surface area contributed by atoms with Crippen LogP contribution in [0.15, 0.2) is 54.6 Å². The van der Waals surface area contributed by atoms with Crippen molar-refractivity contribution in [2.75, 3.05) is 13.7 Å². The Kier molecular flexibility index (Phi) is 6.67. The second-order valence-electron chi connectivity index (χ2n) is 7.21. The van der Waals surface area contributed by atoms with E-state index in [0.717, 1.165) is 21.6 Å². The van der Waals surface area contributed by atoms with Crippen LogP contribution in [-0.4, -0.2) is 42.7 Å². The average molecular weight is 385 g/mol. The predicted octanol–water partition coefficient (Wildman–Crippen LogP) is 3.51. The minimum Gasteiger partial charge on any atom is -0.624 e. The number of hydroxylamine groups is 1. The molecule has 1 saturated heterocycles. The molecule has 150 valence electrons. The molecule has 0 bridgehead atoms. The van der Waals surface area contributed by atoms with E-state index in [1.165, 1.54) is 6.21 Å². The molecule has 1 aliphatic heterocycles. The normalized spacial score (nSPS) is 21.6. The molecule has 1 fully saturated rings. The van der Waals surface area contributed by atoms with Crippen LogP contribution in [0.4, 0.5) is 0 Å². The maximum atomic E-state index is 12.4. The molecular formula is C22H27NO5. The number of hydrogen-bond donors (Lipinski definition) is 0. The summed E-state index contributed by atoms with van der Waals surface area (Å²) in [5, 5.41) is 12.4. The molecule has 6 nitrogen and oxygen atoms in total. The van der Waals surface area contributed by atoms with Crippen molar-refractivity contribution in [1.29, 1.82) is 0 Å². The molecule has 0 amide bonds. The van der Waals surface area contributed by atoms with Crippen LogP contribution in [0, 0.1) is 5.21 Å². The van der Waals surface area contributed by atoms with Crippen molar-refractivity contribution in [2.24, 2.45) is 0 Å². The van der Waals surface area contributed by atoms with E-state index >= 15 is 0 Å². The van der Waals surface area contributed by atoms with Crippen LogP contribution in [0.25, 0.3) is 0 Å². The number of nitrogens with zero attached hydrogens (tertiary/aromatic N) is 1. The summed E-state index contributed by atoms with van der Waals surface area (Å²) in [6.45, 7) is 4.73. The Morgan fingerprint density at radius 1 is 1.04 bits per heavy atom. The van der Waals surface area contributed by atoms with Crippen molar-refractivity contribution in [3.05, 3.63) is 70.9 Å². The Hall–Kier alpha value is -2.41. The summed E-state index contributed by atoms with van der Waals surface area (Å²) in [4.78, 5) is 0. The third kappa shape index (κ3) is 5.79. The van der Waals surface area contributed by atoms with Crippen LogP contribution in [0.1, 0.15) is 25.0 Å². The Balaban J connectivity index is 1.59. The van der Waals surface area contributed by atoms with Crippen molar-refractivity contribution >= 4 is 6.21 Å². The topological polar surface area (TPSA) is 63.0 Å². The van der Waals surface area contributed by atoms with Crippen LogP contribution in [-0.2, 0) is 27.4 Å². The van der Waals surface area contributed by atoms with Gasteiger partial charge in [0.25, 0.3) is 0 Å². The maximum Gasteiger partial charge on any atom is 0.183 e. The summed E-state index contributed by atoms with van der Waals surface area (Å²) in [7, 11) is 1.61. The highest BCUT2D eigenvalue weighted by molar-refractivity contribution is 5.59. The van der Waals surface area contributed by atoms with E-state index in [-0.39, 0.29) is 12.6 Å². The van der Waals surface area contributed by atoms with Crippen molar-refractivity contribution in [3.63, 3.8) is 0 Å². The fourth-order valence-corrected chi connectivity index (χ4v) is 3.11. The van der Waals surface area contributed by atoms with E-state index in [9.17, 15) is 5.21 Å². The third-order valence-corrected chi connectivity index (χ3v) is 4.43. The summed E-state index contributed by atoms with van der Waals surface area (Å²) in [6.07, 6.45) is 0.711. The molecule has 6 heteroatoms. The zero-order valence-electron chi connectivity index (χ0n) is 16.5. The highest BCUT2D eigenvalue weighted by Crippen LogP contribution is 2.27. The number of ether oxygens (including phenoxy) is 4. The van der Waals surface area contributed by atoms with Crippen molar-refractivity contribution < 1.29 is 23.7 Å². The van der Waals surface area contributed by atoms with E-state index in [1.807, 2.05) is 68.4 Å². The van der Waals surface area contributed by atoms with Gasteiger partial charge < -0.3 is 24.2 Å². The Morgan fingerprint density at radius 3 is 2.43 bits per heavy atom. The standard InChI is InChI=1S/C22H27NO5/c1-22(2)27-20(14-23(24)13-17-9-11-19(25-3)12-10-17)21(28-22)16-26-15-18-7-5-4-6-8-18/h4-12,14,20-21H,13,15-16H2,1-3H3/b23-14-/t20-,21-/m0/s1. The molecule has 28 heavy (non-hydrogen) atoms. The van der Waals surface area contributed by atoms with Crippen LogP contribution < -0.4 is 4.74 Å². The van der Waals surface area contributed by atoms with Gasteiger partial charge >= 0.3 is 0 Å². The number of hydrogen-bond acceptors (Lipinski definition) is 5. The van der Waals surface area contributed by atoms with Crippen LogP contribution >= 0.6 is 0 Å². The molecule has 0 aromatic heterocycles. The van der Waals surface area contributed by atoms with E-state index in [0.29, 0.717) is 13.2 Å². The van der Waals surface area contributed by atoms with E-state index in [2.05, 4.69) is 0 Å². The van der Waals surface area contributed by atoms with Gasteiger partial charge in [-0.25, -0.2) is 4.74 Å². The van der Waals surface area contributed by atoms with Gasteiger partial charge in [0.15, 0.2) is 24.7 Å². The Labute approximate surface area is 165 Å². The molecule has 0 spiro atoms. The van der Waals surface area contributed by atoms with Crippen LogP contribution in [0.3, 0.4) is 0 Å². The highest BCUT2D eigenvalue weighted by Gasteiger charge is 2.42. The molecule has 0 unspecified atom stereocenters. The minimum atomic E-state index is -0.761. The van der Waals surface area contributed by atoms with Gasteiger partial charge in [-0.05, 0) is 43.7 Å². The molecule has 0 aliphatic carbocycles. The highest BCUT2D eigenvalue weighted by atomic mass is 16.8. The summed E-state index contributed by atoms with van der Waals surface area (Å²) < 4.78 is 23.6. The molecule has 2 aromatic rings.